The van der Waals surface area contributed by atoms with E-state index < -0.39 is 0 Å². The molecular weight excluding hydrogens is 362 g/mol. The van der Waals surface area contributed by atoms with Crippen molar-refractivity contribution < 1.29 is 9.59 Å². The Labute approximate surface area is 170 Å². The van der Waals surface area contributed by atoms with E-state index in [9.17, 15) is 9.59 Å². The molecule has 0 saturated carbocycles. The first kappa shape index (κ1) is 19.0. The molecule has 29 heavy (non-hydrogen) atoms. The average molecular weight is 385 g/mol. The summed E-state index contributed by atoms with van der Waals surface area (Å²) in [5.41, 5.74) is 4.20. The highest BCUT2D eigenvalue weighted by molar-refractivity contribution is 6.03. The third-order valence-electron chi connectivity index (χ3n) is 5.38. The van der Waals surface area contributed by atoms with Gasteiger partial charge >= 0.3 is 0 Å². The van der Waals surface area contributed by atoms with E-state index in [1.165, 1.54) is 11.8 Å². The lowest BCUT2D eigenvalue weighted by Crippen LogP contribution is -2.22. The number of hydrogen-bond donors (Lipinski definition) is 1. The molecule has 0 radical (unpaired) electrons. The standard InChI is InChI=1S/C24H23N3O2/c1-15(2)16-8-10-17(11-9-16)19-12-21-20(22(28)13-19)14-25-24(26-21)27-23(29)18-6-4-3-5-7-18/h3-11,14-15,19H,12-13H2,1-2H3,(H,25,26,27,29). The second-order valence-corrected chi connectivity index (χ2v) is 7.72. The lowest BCUT2D eigenvalue weighted by molar-refractivity contribution is 0.0962. The van der Waals surface area contributed by atoms with E-state index in [4.69, 9.17) is 0 Å². The van der Waals surface area contributed by atoms with Gasteiger partial charge < -0.3 is 0 Å². The minimum atomic E-state index is -0.270. The number of rotatable bonds is 4. The Kier molecular flexibility index (Phi) is 5.21. The summed E-state index contributed by atoms with van der Waals surface area (Å²) in [6.07, 6.45) is 2.63. The molecule has 2 aromatic carbocycles. The lowest BCUT2D eigenvalue weighted by atomic mass is 9.81. The van der Waals surface area contributed by atoms with Gasteiger partial charge in [0.15, 0.2) is 5.78 Å². The number of hydrogen-bond acceptors (Lipinski definition) is 4. The fourth-order valence-electron chi connectivity index (χ4n) is 3.66. The summed E-state index contributed by atoms with van der Waals surface area (Å²) < 4.78 is 0. The van der Waals surface area contributed by atoms with Crippen molar-refractivity contribution in [3.8, 4) is 0 Å². The number of carbonyl (C=O) groups excluding carboxylic acids is 2. The van der Waals surface area contributed by atoms with Gasteiger partial charge in [0, 0.05) is 18.2 Å². The first-order valence-corrected chi connectivity index (χ1v) is 9.86. The maximum absolute atomic E-state index is 12.6. The molecule has 1 unspecified atom stereocenters. The van der Waals surface area contributed by atoms with E-state index >= 15 is 0 Å². The SMILES string of the molecule is CC(C)c1ccc(C2CC(=O)c3cnc(NC(=O)c4ccccc4)nc3C2)cc1. The summed E-state index contributed by atoms with van der Waals surface area (Å²) in [4.78, 5) is 33.7. The van der Waals surface area contributed by atoms with Gasteiger partial charge in [-0.15, -0.1) is 0 Å². The minimum Gasteiger partial charge on any atom is -0.294 e. The van der Waals surface area contributed by atoms with Crippen molar-refractivity contribution in [1.82, 2.24) is 9.97 Å². The molecule has 5 nitrogen and oxygen atoms in total. The maximum Gasteiger partial charge on any atom is 0.258 e. The second kappa shape index (κ2) is 7.95. The Balaban J connectivity index is 1.55. The Hall–Kier alpha value is -3.34. The number of carbonyl (C=O) groups is 2. The predicted octanol–water partition coefficient (Wildman–Crippen LogP) is 4.77. The highest BCUT2D eigenvalue weighted by Gasteiger charge is 2.28. The van der Waals surface area contributed by atoms with Crippen LogP contribution in [0.5, 0.6) is 0 Å². The van der Waals surface area contributed by atoms with E-state index in [0.29, 0.717) is 35.6 Å². The third kappa shape index (κ3) is 4.09. The van der Waals surface area contributed by atoms with Crippen LogP contribution in [0.15, 0.2) is 60.8 Å². The molecular formula is C24H23N3O2. The number of aromatic nitrogens is 2. The molecule has 0 spiro atoms. The zero-order valence-corrected chi connectivity index (χ0v) is 16.6. The van der Waals surface area contributed by atoms with Crippen LogP contribution in [0.3, 0.4) is 0 Å². The first-order valence-electron chi connectivity index (χ1n) is 9.86. The zero-order valence-electron chi connectivity index (χ0n) is 16.6. The molecule has 1 heterocycles. The largest absolute Gasteiger partial charge is 0.294 e. The van der Waals surface area contributed by atoms with Crippen LogP contribution in [0, 0.1) is 0 Å². The van der Waals surface area contributed by atoms with Crippen molar-refractivity contribution in [3.63, 3.8) is 0 Å². The van der Waals surface area contributed by atoms with E-state index in [-0.39, 0.29) is 23.6 Å². The molecule has 3 aromatic rings. The molecule has 4 rings (SSSR count). The van der Waals surface area contributed by atoms with E-state index in [0.717, 1.165) is 5.56 Å². The number of nitrogens with zero attached hydrogens (tertiary/aromatic N) is 2. The molecule has 146 valence electrons. The van der Waals surface area contributed by atoms with Gasteiger partial charge in [0.2, 0.25) is 5.95 Å². The van der Waals surface area contributed by atoms with Crippen molar-refractivity contribution in [2.45, 2.75) is 38.5 Å². The van der Waals surface area contributed by atoms with Gasteiger partial charge in [-0.3, -0.25) is 14.9 Å². The second-order valence-electron chi connectivity index (χ2n) is 7.72. The van der Waals surface area contributed by atoms with Crippen molar-refractivity contribution in [2.75, 3.05) is 5.32 Å². The molecule has 5 heteroatoms. The Morgan fingerprint density at radius 1 is 1.03 bits per heavy atom. The molecule has 1 aliphatic carbocycles. The summed E-state index contributed by atoms with van der Waals surface area (Å²) >= 11 is 0. The van der Waals surface area contributed by atoms with Crippen LogP contribution in [0.2, 0.25) is 0 Å². The van der Waals surface area contributed by atoms with Gasteiger partial charge in [-0.05, 0) is 41.5 Å². The molecule has 0 aliphatic heterocycles. The molecule has 1 N–H and O–H groups in total. The van der Waals surface area contributed by atoms with Crippen molar-refractivity contribution in [1.29, 1.82) is 0 Å². The van der Waals surface area contributed by atoms with Crippen LogP contribution in [-0.4, -0.2) is 21.7 Å². The summed E-state index contributed by atoms with van der Waals surface area (Å²) in [6, 6.07) is 17.4. The van der Waals surface area contributed by atoms with Crippen LogP contribution in [0.25, 0.3) is 0 Å². The average Bonchev–Trinajstić information content (AvgIpc) is 2.74. The van der Waals surface area contributed by atoms with Gasteiger partial charge in [0.1, 0.15) is 0 Å². The topological polar surface area (TPSA) is 72.0 Å². The maximum atomic E-state index is 12.6. The number of amides is 1. The quantitative estimate of drug-likeness (QED) is 0.702. The zero-order chi connectivity index (χ0) is 20.4. The number of ketones is 1. The summed E-state index contributed by atoms with van der Waals surface area (Å²) in [5.74, 6) is 0.560. The van der Waals surface area contributed by atoms with Crippen molar-refractivity contribution in [3.05, 3.63) is 88.7 Å². The van der Waals surface area contributed by atoms with Crippen LogP contribution in [-0.2, 0) is 6.42 Å². The number of Topliss-reactive ketones (excluding diaryl/α,β-unsaturated/α-hetero) is 1. The molecule has 1 amide bonds. The fourth-order valence-corrected chi connectivity index (χ4v) is 3.66. The monoisotopic (exact) mass is 385 g/mol. The highest BCUT2D eigenvalue weighted by Crippen LogP contribution is 2.32. The first-order chi connectivity index (χ1) is 14.0. The summed E-state index contributed by atoms with van der Waals surface area (Å²) in [5, 5.41) is 2.73. The van der Waals surface area contributed by atoms with Crippen LogP contribution < -0.4 is 5.32 Å². The van der Waals surface area contributed by atoms with Gasteiger partial charge in [0.05, 0.1) is 11.3 Å². The third-order valence-corrected chi connectivity index (χ3v) is 5.38. The number of anilines is 1. The van der Waals surface area contributed by atoms with Gasteiger partial charge in [-0.1, -0.05) is 56.3 Å². The summed E-state index contributed by atoms with van der Waals surface area (Å²) in [7, 11) is 0. The lowest BCUT2D eigenvalue weighted by Gasteiger charge is -2.23. The molecule has 0 bridgehead atoms. The number of nitrogens with one attached hydrogen (secondary N) is 1. The number of fused-ring (bicyclic) bond motifs is 1. The van der Waals surface area contributed by atoms with Crippen LogP contribution >= 0.6 is 0 Å². The molecule has 0 saturated heterocycles. The molecule has 1 aliphatic rings. The van der Waals surface area contributed by atoms with Crippen molar-refractivity contribution >= 4 is 17.6 Å². The predicted molar refractivity (Wildman–Crippen MR) is 112 cm³/mol. The van der Waals surface area contributed by atoms with Gasteiger partial charge in [-0.2, -0.15) is 0 Å². The Bertz CT molecular complexity index is 1040. The van der Waals surface area contributed by atoms with Crippen LogP contribution in [0.4, 0.5) is 5.95 Å². The Morgan fingerprint density at radius 2 is 1.76 bits per heavy atom. The normalized spacial score (nSPS) is 15.8. The highest BCUT2D eigenvalue weighted by atomic mass is 16.1. The summed E-state index contributed by atoms with van der Waals surface area (Å²) in [6.45, 7) is 4.33. The van der Waals surface area contributed by atoms with Gasteiger partial charge in [-0.25, -0.2) is 9.97 Å². The Morgan fingerprint density at radius 3 is 2.45 bits per heavy atom. The smallest absolute Gasteiger partial charge is 0.258 e. The fraction of sp³-hybridized carbons (Fsp3) is 0.250. The van der Waals surface area contributed by atoms with Crippen molar-refractivity contribution in [2.24, 2.45) is 0 Å². The minimum absolute atomic E-state index is 0.0464. The molecule has 1 atom stereocenters. The van der Waals surface area contributed by atoms with E-state index in [2.05, 4.69) is 53.4 Å². The van der Waals surface area contributed by atoms with Gasteiger partial charge in [0.25, 0.3) is 5.91 Å². The number of benzene rings is 2. The van der Waals surface area contributed by atoms with Crippen LogP contribution in [0.1, 0.15) is 69.6 Å². The molecule has 1 aromatic heterocycles. The van der Waals surface area contributed by atoms with E-state index in [1.807, 2.05) is 6.07 Å². The molecule has 0 fully saturated rings. The van der Waals surface area contributed by atoms with E-state index in [1.54, 1.807) is 24.3 Å².